The van der Waals surface area contributed by atoms with Gasteiger partial charge in [-0.3, -0.25) is 9.59 Å². The van der Waals surface area contributed by atoms with Gasteiger partial charge in [0.2, 0.25) is 11.8 Å². The Morgan fingerprint density at radius 1 is 0.885 bits per heavy atom. The molecule has 2 rings (SSSR count). The highest BCUT2D eigenvalue weighted by molar-refractivity contribution is 5.90. The van der Waals surface area contributed by atoms with E-state index in [1.54, 1.807) is 0 Å². The van der Waals surface area contributed by atoms with Crippen molar-refractivity contribution >= 4 is 23.2 Å². The van der Waals surface area contributed by atoms with E-state index >= 15 is 0 Å². The van der Waals surface area contributed by atoms with Crippen molar-refractivity contribution < 1.29 is 9.59 Å². The summed E-state index contributed by atoms with van der Waals surface area (Å²) < 4.78 is 0. The molecule has 0 aliphatic carbocycles. The molecular weight excluding hydrogens is 326 g/mol. The summed E-state index contributed by atoms with van der Waals surface area (Å²) in [4.78, 5) is 28.3. The number of benzene rings is 1. The van der Waals surface area contributed by atoms with Gasteiger partial charge in [-0.1, -0.05) is 33.1 Å². The van der Waals surface area contributed by atoms with E-state index in [0.29, 0.717) is 18.7 Å². The lowest BCUT2D eigenvalue weighted by Gasteiger charge is -2.36. The minimum Gasteiger partial charge on any atom is -0.368 e. The quantitative estimate of drug-likeness (QED) is 0.677. The first-order valence-electron chi connectivity index (χ1n) is 10.1. The summed E-state index contributed by atoms with van der Waals surface area (Å²) in [5.41, 5.74) is 1.99. The molecule has 2 amide bonds. The summed E-state index contributed by atoms with van der Waals surface area (Å²) in [6, 6.07) is 8.02. The molecule has 0 atom stereocenters. The first kappa shape index (κ1) is 20.3. The Labute approximate surface area is 157 Å². The fraction of sp³-hybridized carbons (Fsp3) is 0.619. The first-order chi connectivity index (χ1) is 12.6. The number of carbonyl (C=O) groups excluding carboxylic acids is 2. The normalized spacial score (nSPS) is 14.4. The highest BCUT2D eigenvalue weighted by atomic mass is 16.2. The fourth-order valence-corrected chi connectivity index (χ4v) is 3.21. The maximum Gasteiger partial charge on any atom is 0.224 e. The zero-order valence-electron chi connectivity index (χ0n) is 16.3. The lowest BCUT2D eigenvalue weighted by Crippen LogP contribution is -2.48. The standard InChI is InChI=1S/C21H33N3O2/c1-3-5-7-9-21(26)24-16-14-23(15-17-24)19-12-10-18(11-13-19)22-20(25)8-6-4-2/h10-13H,3-9,14-17H2,1-2H3,(H,22,25). The van der Waals surface area contributed by atoms with Gasteiger partial charge in [-0.25, -0.2) is 0 Å². The van der Waals surface area contributed by atoms with E-state index in [-0.39, 0.29) is 5.91 Å². The van der Waals surface area contributed by atoms with Crippen molar-refractivity contribution in [1.29, 1.82) is 0 Å². The number of nitrogens with zero attached hydrogens (tertiary/aromatic N) is 2. The number of anilines is 2. The summed E-state index contributed by atoms with van der Waals surface area (Å²) in [6.07, 6.45) is 6.49. The van der Waals surface area contributed by atoms with E-state index in [4.69, 9.17) is 0 Å². The van der Waals surface area contributed by atoms with Crippen molar-refractivity contribution in [3.63, 3.8) is 0 Å². The number of nitrogens with one attached hydrogen (secondary N) is 1. The van der Waals surface area contributed by atoms with E-state index in [1.807, 2.05) is 29.2 Å². The number of rotatable bonds is 9. The largest absolute Gasteiger partial charge is 0.368 e. The molecule has 5 heteroatoms. The first-order valence-corrected chi connectivity index (χ1v) is 10.1. The van der Waals surface area contributed by atoms with Crippen LogP contribution in [0.25, 0.3) is 0 Å². The van der Waals surface area contributed by atoms with Crippen LogP contribution in [0.3, 0.4) is 0 Å². The average molecular weight is 360 g/mol. The highest BCUT2D eigenvalue weighted by Gasteiger charge is 2.20. The lowest BCUT2D eigenvalue weighted by atomic mass is 10.1. The predicted molar refractivity (Wildman–Crippen MR) is 108 cm³/mol. The van der Waals surface area contributed by atoms with Gasteiger partial charge in [-0.05, 0) is 37.1 Å². The summed E-state index contributed by atoms with van der Waals surface area (Å²) in [7, 11) is 0. The fourth-order valence-electron chi connectivity index (χ4n) is 3.21. The molecule has 0 unspecified atom stereocenters. The van der Waals surface area contributed by atoms with Gasteiger partial charge >= 0.3 is 0 Å². The van der Waals surface area contributed by atoms with Gasteiger partial charge in [0.1, 0.15) is 0 Å². The van der Waals surface area contributed by atoms with Crippen molar-refractivity contribution in [3.05, 3.63) is 24.3 Å². The van der Waals surface area contributed by atoms with Crippen LogP contribution in [0.15, 0.2) is 24.3 Å². The molecule has 1 aliphatic rings. The molecule has 5 nitrogen and oxygen atoms in total. The lowest BCUT2D eigenvalue weighted by molar-refractivity contribution is -0.131. The van der Waals surface area contributed by atoms with Crippen LogP contribution < -0.4 is 10.2 Å². The van der Waals surface area contributed by atoms with Crippen molar-refractivity contribution in [2.45, 2.75) is 58.8 Å². The van der Waals surface area contributed by atoms with Gasteiger partial charge < -0.3 is 15.1 Å². The molecule has 1 saturated heterocycles. The second-order valence-electron chi connectivity index (χ2n) is 7.02. The third-order valence-corrected chi connectivity index (χ3v) is 4.90. The Kier molecular flexibility index (Phi) is 8.45. The summed E-state index contributed by atoms with van der Waals surface area (Å²) >= 11 is 0. The molecule has 1 fully saturated rings. The van der Waals surface area contributed by atoms with E-state index in [2.05, 4.69) is 24.1 Å². The van der Waals surface area contributed by atoms with Gasteiger partial charge in [0.25, 0.3) is 0 Å². The average Bonchev–Trinajstić information content (AvgIpc) is 2.67. The molecule has 0 spiro atoms. The van der Waals surface area contributed by atoms with Crippen LogP contribution in [0.5, 0.6) is 0 Å². The number of carbonyl (C=O) groups is 2. The van der Waals surface area contributed by atoms with Gasteiger partial charge in [-0.2, -0.15) is 0 Å². The minimum absolute atomic E-state index is 0.0785. The Morgan fingerprint density at radius 2 is 1.54 bits per heavy atom. The van der Waals surface area contributed by atoms with Gasteiger partial charge in [-0.15, -0.1) is 0 Å². The number of unbranched alkanes of at least 4 members (excludes halogenated alkanes) is 3. The van der Waals surface area contributed by atoms with Crippen LogP contribution in [0, 0.1) is 0 Å². The van der Waals surface area contributed by atoms with Crippen LogP contribution in [0.4, 0.5) is 11.4 Å². The Morgan fingerprint density at radius 3 is 2.15 bits per heavy atom. The Bertz CT molecular complexity index is 563. The zero-order valence-corrected chi connectivity index (χ0v) is 16.3. The van der Waals surface area contributed by atoms with Crippen molar-refractivity contribution in [1.82, 2.24) is 4.90 Å². The van der Waals surface area contributed by atoms with Gasteiger partial charge in [0.15, 0.2) is 0 Å². The van der Waals surface area contributed by atoms with Gasteiger partial charge in [0, 0.05) is 50.4 Å². The molecule has 1 N–H and O–H groups in total. The number of hydrogen-bond acceptors (Lipinski definition) is 3. The van der Waals surface area contributed by atoms with Crippen LogP contribution in [-0.2, 0) is 9.59 Å². The molecule has 1 aromatic rings. The molecule has 0 bridgehead atoms. The molecule has 144 valence electrons. The minimum atomic E-state index is 0.0785. The summed E-state index contributed by atoms with van der Waals surface area (Å²) in [6.45, 7) is 7.55. The Balaban J connectivity index is 1.78. The van der Waals surface area contributed by atoms with Crippen LogP contribution in [0.1, 0.15) is 58.8 Å². The van der Waals surface area contributed by atoms with Crippen LogP contribution in [-0.4, -0.2) is 42.9 Å². The molecule has 1 heterocycles. The van der Waals surface area contributed by atoms with E-state index in [0.717, 1.165) is 69.7 Å². The van der Waals surface area contributed by atoms with Crippen molar-refractivity contribution in [2.24, 2.45) is 0 Å². The highest BCUT2D eigenvalue weighted by Crippen LogP contribution is 2.20. The second kappa shape index (κ2) is 10.8. The number of piperazine rings is 1. The molecule has 26 heavy (non-hydrogen) atoms. The smallest absolute Gasteiger partial charge is 0.224 e. The summed E-state index contributed by atoms with van der Waals surface area (Å²) in [5, 5.41) is 2.94. The molecule has 1 aromatic carbocycles. The summed E-state index contributed by atoms with van der Waals surface area (Å²) in [5.74, 6) is 0.373. The van der Waals surface area contributed by atoms with Crippen LogP contribution >= 0.6 is 0 Å². The van der Waals surface area contributed by atoms with Crippen LogP contribution in [0.2, 0.25) is 0 Å². The topological polar surface area (TPSA) is 52.7 Å². The zero-order chi connectivity index (χ0) is 18.8. The maximum atomic E-state index is 12.2. The SMILES string of the molecule is CCCCCC(=O)N1CCN(c2ccc(NC(=O)CCCC)cc2)CC1. The van der Waals surface area contributed by atoms with Crippen molar-refractivity contribution in [3.8, 4) is 0 Å². The Hall–Kier alpha value is -2.04. The monoisotopic (exact) mass is 359 g/mol. The molecule has 0 radical (unpaired) electrons. The maximum absolute atomic E-state index is 12.2. The third-order valence-electron chi connectivity index (χ3n) is 4.90. The van der Waals surface area contributed by atoms with E-state index in [9.17, 15) is 9.59 Å². The number of hydrogen-bond donors (Lipinski definition) is 1. The van der Waals surface area contributed by atoms with E-state index in [1.165, 1.54) is 0 Å². The predicted octanol–water partition coefficient (Wildman–Crippen LogP) is 4.04. The van der Waals surface area contributed by atoms with Crippen molar-refractivity contribution in [2.75, 3.05) is 36.4 Å². The third kappa shape index (κ3) is 6.36. The molecule has 0 saturated carbocycles. The second-order valence-corrected chi connectivity index (χ2v) is 7.02. The number of amides is 2. The molecule has 0 aromatic heterocycles. The van der Waals surface area contributed by atoms with E-state index < -0.39 is 0 Å². The van der Waals surface area contributed by atoms with Gasteiger partial charge in [0.05, 0.1) is 0 Å². The molecular formula is C21H33N3O2. The molecule has 1 aliphatic heterocycles.